The van der Waals surface area contributed by atoms with Crippen LogP contribution in [-0.2, 0) is 17.4 Å². The van der Waals surface area contributed by atoms with E-state index in [2.05, 4.69) is 36.1 Å². The molecule has 14 heteroatoms. The number of hydrogen-bond donors (Lipinski definition) is 4. The minimum Gasteiger partial charge on any atom is -0.495 e. The smallest absolute Gasteiger partial charge is 0.419 e. The highest BCUT2D eigenvalue weighted by Gasteiger charge is 2.58. The molecule has 0 bridgehead atoms. The lowest BCUT2D eigenvalue weighted by atomic mass is 9.79. The maximum absolute atomic E-state index is 15.2. The van der Waals surface area contributed by atoms with Crippen molar-refractivity contribution in [2.45, 2.75) is 76.0 Å². The third-order valence-corrected chi connectivity index (χ3v) is 9.88. The van der Waals surface area contributed by atoms with Crippen LogP contribution in [0.2, 0.25) is 0 Å². The molecule has 1 aliphatic heterocycles. The van der Waals surface area contributed by atoms with Gasteiger partial charge in [0.25, 0.3) is 5.91 Å². The minimum absolute atomic E-state index is 0.0228. The monoisotopic (exact) mass is 649 g/mol. The topological polar surface area (TPSA) is 121 Å². The highest BCUT2D eigenvalue weighted by Crippen LogP contribution is 2.63. The van der Waals surface area contributed by atoms with Crippen molar-refractivity contribution in [1.29, 1.82) is 0 Å². The van der Waals surface area contributed by atoms with Crippen LogP contribution in [0.25, 0.3) is 0 Å². The second-order valence-electron chi connectivity index (χ2n) is 12.8. The number of rotatable bonds is 11. The predicted molar refractivity (Wildman–Crippen MR) is 164 cm³/mol. The average Bonchev–Trinajstić information content (AvgIpc) is 3.72. The Bertz CT molecular complexity index is 1420. The van der Waals surface area contributed by atoms with E-state index in [1.165, 1.54) is 13.2 Å². The van der Waals surface area contributed by atoms with Gasteiger partial charge < -0.3 is 30.9 Å². The largest absolute Gasteiger partial charge is 0.495 e. The number of aryl methyl sites for hydroxylation is 1. The second-order valence-corrected chi connectivity index (χ2v) is 12.8. The van der Waals surface area contributed by atoms with E-state index in [-0.39, 0.29) is 70.9 Å². The highest BCUT2D eigenvalue weighted by atomic mass is 19.4. The Morgan fingerprint density at radius 3 is 2.61 bits per heavy atom. The van der Waals surface area contributed by atoms with Crippen LogP contribution in [0.4, 0.5) is 29.2 Å². The number of likely N-dealkylation sites (N-methyl/N-ethyl adjacent to an activating group) is 1. The van der Waals surface area contributed by atoms with Gasteiger partial charge in [0.1, 0.15) is 11.6 Å². The molecule has 4 N–H and O–H groups in total. The van der Waals surface area contributed by atoms with Gasteiger partial charge in [-0.15, -0.1) is 0 Å². The third-order valence-electron chi connectivity index (χ3n) is 9.88. The number of aromatic nitrogens is 2. The Hall–Kier alpha value is -3.52. The molecule has 3 aliphatic rings. The van der Waals surface area contributed by atoms with E-state index in [4.69, 9.17) is 4.74 Å². The van der Waals surface area contributed by atoms with Crippen molar-refractivity contribution < 1.29 is 31.9 Å². The molecule has 0 unspecified atom stereocenters. The van der Waals surface area contributed by atoms with Crippen LogP contribution < -0.4 is 26.0 Å². The number of hydrogen-bond acceptors (Lipinski definition) is 8. The molecule has 2 aliphatic carbocycles. The van der Waals surface area contributed by atoms with Gasteiger partial charge in [-0.1, -0.05) is 12.8 Å². The number of benzene rings is 1. The van der Waals surface area contributed by atoms with Crippen molar-refractivity contribution in [2.24, 2.45) is 11.3 Å². The van der Waals surface area contributed by atoms with Gasteiger partial charge in [0.05, 0.1) is 36.2 Å². The number of ether oxygens (including phenoxy) is 1. The van der Waals surface area contributed by atoms with Crippen LogP contribution in [0.15, 0.2) is 18.3 Å². The summed E-state index contributed by atoms with van der Waals surface area (Å²) in [5.41, 5.74) is -1.20. The summed E-state index contributed by atoms with van der Waals surface area (Å²) in [6, 6.07) is 2.40. The van der Waals surface area contributed by atoms with E-state index in [1.54, 1.807) is 7.05 Å². The zero-order valence-electron chi connectivity index (χ0n) is 26.5. The number of anilines is 2. The first-order valence-corrected chi connectivity index (χ1v) is 15.9. The first-order chi connectivity index (χ1) is 21.9. The van der Waals surface area contributed by atoms with Crippen LogP contribution in [0.3, 0.4) is 0 Å². The van der Waals surface area contributed by atoms with Gasteiger partial charge in [-0.3, -0.25) is 9.59 Å². The van der Waals surface area contributed by atoms with Gasteiger partial charge in [-0.05, 0) is 82.5 Å². The van der Waals surface area contributed by atoms with Crippen molar-refractivity contribution >= 4 is 23.5 Å². The fraction of sp³-hybridized carbons (Fsp3) is 0.625. The molecular formula is C32H43F4N7O3. The third kappa shape index (κ3) is 7.71. The van der Waals surface area contributed by atoms with Crippen LogP contribution in [0.1, 0.15) is 73.0 Å². The normalized spacial score (nSPS) is 23.6. The zero-order valence-corrected chi connectivity index (χ0v) is 26.5. The lowest BCUT2D eigenvalue weighted by Gasteiger charge is -2.34. The van der Waals surface area contributed by atoms with Crippen molar-refractivity contribution in [1.82, 2.24) is 30.8 Å². The molecular weight excluding hydrogens is 606 g/mol. The van der Waals surface area contributed by atoms with Crippen molar-refractivity contribution in [3.05, 3.63) is 41.0 Å². The molecule has 2 aromatic rings. The fourth-order valence-electron chi connectivity index (χ4n) is 7.14. The van der Waals surface area contributed by atoms with Crippen LogP contribution in [0, 0.1) is 17.2 Å². The van der Waals surface area contributed by atoms with Crippen molar-refractivity contribution in [3.63, 3.8) is 0 Å². The zero-order chi connectivity index (χ0) is 33.1. The van der Waals surface area contributed by atoms with E-state index >= 15 is 4.39 Å². The molecule has 10 nitrogen and oxygen atoms in total. The Morgan fingerprint density at radius 2 is 1.91 bits per heavy atom. The Labute approximate surface area is 266 Å². The summed E-state index contributed by atoms with van der Waals surface area (Å²) in [6.07, 6.45) is 3.11. The van der Waals surface area contributed by atoms with Gasteiger partial charge in [0.15, 0.2) is 0 Å². The SMILES string of the molecule is CNC(=O)CN[C@@H]1CCCC[C@@]12C[C@H]2CCc1nc(Nc2cc(F)c(C(=O)NC3CCN(C)CC3)cc2OC)ncc1C(F)(F)F. The summed E-state index contributed by atoms with van der Waals surface area (Å²) >= 11 is 0. The standard InChI is InChI=1S/C32H43F4N7O3/c1-37-28(44)18-38-27-6-4-5-11-31(27)16-19(31)7-8-24-22(32(34,35)36)17-39-30(41-24)42-25-15-23(33)21(14-26(25)46-3)29(45)40-20-9-12-43(2)13-10-20/h14-15,17,19-20,27,38H,4-13,16,18H2,1-3H3,(H,37,44)(H,40,45)(H,39,41,42)/t19-,27-,31+/m1/s1. The second kappa shape index (κ2) is 14.1. The average molecular weight is 650 g/mol. The molecule has 1 saturated heterocycles. The molecule has 0 radical (unpaired) electrons. The number of nitrogens with one attached hydrogen (secondary N) is 4. The molecule has 46 heavy (non-hydrogen) atoms. The maximum atomic E-state index is 15.2. The number of carbonyl (C=O) groups is 2. The predicted octanol–water partition coefficient (Wildman–Crippen LogP) is 4.43. The molecule has 3 atom stereocenters. The number of methoxy groups -OCH3 is 1. The van der Waals surface area contributed by atoms with Gasteiger partial charge in [0.2, 0.25) is 11.9 Å². The molecule has 2 heterocycles. The number of carbonyl (C=O) groups excluding carboxylic acids is 2. The first-order valence-electron chi connectivity index (χ1n) is 15.9. The molecule has 1 aromatic carbocycles. The highest BCUT2D eigenvalue weighted by molar-refractivity contribution is 5.96. The summed E-state index contributed by atoms with van der Waals surface area (Å²) in [4.78, 5) is 35.0. The maximum Gasteiger partial charge on any atom is 0.419 e. The molecule has 2 saturated carbocycles. The summed E-state index contributed by atoms with van der Waals surface area (Å²) in [7, 11) is 4.94. The van der Waals surface area contributed by atoms with Crippen molar-refractivity contribution in [3.8, 4) is 5.75 Å². The number of piperidine rings is 1. The number of nitrogens with zero attached hydrogens (tertiary/aromatic N) is 3. The van der Waals surface area contributed by atoms with Gasteiger partial charge in [-0.2, -0.15) is 13.2 Å². The van der Waals surface area contributed by atoms with Crippen molar-refractivity contribution in [2.75, 3.05) is 46.2 Å². The lowest BCUT2D eigenvalue weighted by molar-refractivity contribution is -0.138. The fourth-order valence-corrected chi connectivity index (χ4v) is 7.14. The van der Waals surface area contributed by atoms with E-state index < -0.39 is 23.5 Å². The quantitative estimate of drug-likeness (QED) is 0.264. The van der Waals surface area contributed by atoms with E-state index in [0.717, 1.165) is 70.3 Å². The molecule has 3 fully saturated rings. The summed E-state index contributed by atoms with van der Waals surface area (Å²) in [5, 5.41) is 11.7. The van der Waals surface area contributed by atoms with Gasteiger partial charge in [-0.25, -0.2) is 14.4 Å². The van der Waals surface area contributed by atoms with Gasteiger partial charge in [0, 0.05) is 31.4 Å². The summed E-state index contributed by atoms with van der Waals surface area (Å²) in [5.74, 6) is -1.29. The Morgan fingerprint density at radius 1 is 1.15 bits per heavy atom. The molecule has 1 spiro atoms. The molecule has 2 amide bonds. The van der Waals surface area contributed by atoms with E-state index in [0.29, 0.717) is 6.42 Å². The number of alkyl halides is 3. The molecule has 5 rings (SSSR count). The minimum atomic E-state index is -4.65. The molecule has 252 valence electrons. The summed E-state index contributed by atoms with van der Waals surface area (Å²) < 4.78 is 62.6. The Balaban J connectivity index is 1.29. The Kier molecular flexibility index (Phi) is 10.4. The number of likely N-dealkylation sites (tertiary alicyclic amines) is 1. The van der Waals surface area contributed by atoms with Gasteiger partial charge >= 0.3 is 6.18 Å². The number of amides is 2. The molecule has 1 aromatic heterocycles. The first kappa shape index (κ1) is 33.8. The van der Waals surface area contributed by atoms with E-state index in [1.807, 2.05) is 7.05 Å². The lowest BCUT2D eigenvalue weighted by Crippen LogP contribution is -2.45. The van der Waals surface area contributed by atoms with Crippen LogP contribution >= 0.6 is 0 Å². The number of halogens is 4. The van der Waals surface area contributed by atoms with E-state index in [9.17, 15) is 22.8 Å². The van der Waals surface area contributed by atoms with Crippen LogP contribution in [0.5, 0.6) is 5.75 Å². The van der Waals surface area contributed by atoms with Crippen LogP contribution in [-0.4, -0.2) is 79.6 Å². The summed E-state index contributed by atoms with van der Waals surface area (Å²) in [6.45, 7) is 1.86.